The van der Waals surface area contributed by atoms with Crippen molar-refractivity contribution >= 4 is 5.91 Å². The molecule has 0 aliphatic heterocycles. The minimum Gasteiger partial charge on any atom is -0.343 e. The maximum atomic E-state index is 12.7. The molecule has 0 unspecified atom stereocenters. The molecular weight excluding hydrogens is 328 g/mol. The smallest absolute Gasteiger partial charge is 0.253 e. The molecule has 0 bridgehead atoms. The summed E-state index contributed by atoms with van der Waals surface area (Å²) in [5.41, 5.74) is 0.752. The van der Waals surface area contributed by atoms with Gasteiger partial charge in [0.15, 0.2) is 5.54 Å². The number of nitrogens with one attached hydrogen (secondary N) is 1. The van der Waals surface area contributed by atoms with Gasteiger partial charge in [-0.05, 0) is 43.7 Å². The molecule has 2 aromatic heterocycles. The van der Waals surface area contributed by atoms with Gasteiger partial charge in [0.1, 0.15) is 5.69 Å². The number of rotatable bonds is 5. The maximum absolute atomic E-state index is 12.7. The van der Waals surface area contributed by atoms with Crippen molar-refractivity contribution in [1.29, 1.82) is 5.26 Å². The van der Waals surface area contributed by atoms with Crippen molar-refractivity contribution < 1.29 is 4.79 Å². The molecule has 0 saturated heterocycles. The number of carbonyl (C=O) groups is 1. The summed E-state index contributed by atoms with van der Waals surface area (Å²) in [7, 11) is 0. The minimum absolute atomic E-state index is 0.148. The molecule has 2 aliphatic carbocycles. The highest BCUT2D eigenvalue weighted by Crippen LogP contribution is 2.42. The van der Waals surface area contributed by atoms with Crippen LogP contribution < -0.4 is 5.32 Å². The van der Waals surface area contributed by atoms with E-state index in [1.165, 1.54) is 19.3 Å². The van der Waals surface area contributed by atoms with Crippen LogP contribution in [0.3, 0.4) is 0 Å². The fourth-order valence-corrected chi connectivity index (χ4v) is 3.76. The van der Waals surface area contributed by atoms with Gasteiger partial charge in [0.2, 0.25) is 0 Å². The van der Waals surface area contributed by atoms with Gasteiger partial charge in [-0.2, -0.15) is 5.26 Å². The van der Waals surface area contributed by atoms with Crippen LogP contribution in [0.25, 0.3) is 0 Å². The van der Waals surface area contributed by atoms with E-state index < -0.39 is 5.54 Å². The molecule has 2 saturated carbocycles. The SMILES string of the molecule is N#CC1(n2cc([C@@H](NC(=O)c3cccnc3)C3CCCCC3)nn2)CC1. The molecule has 1 amide bonds. The van der Waals surface area contributed by atoms with Crippen LogP contribution in [0.1, 0.15) is 67.0 Å². The highest BCUT2D eigenvalue weighted by atomic mass is 16.1. The summed E-state index contributed by atoms with van der Waals surface area (Å²) < 4.78 is 1.67. The van der Waals surface area contributed by atoms with Crippen LogP contribution in [0.5, 0.6) is 0 Å². The van der Waals surface area contributed by atoms with Crippen molar-refractivity contribution in [3.8, 4) is 6.07 Å². The van der Waals surface area contributed by atoms with E-state index >= 15 is 0 Å². The minimum atomic E-state index is -0.532. The van der Waals surface area contributed by atoms with E-state index in [2.05, 4.69) is 26.7 Å². The molecule has 2 heterocycles. The zero-order valence-electron chi connectivity index (χ0n) is 14.6. The second-order valence-corrected chi connectivity index (χ2v) is 7.32. The molecule has 7 heteroatoms. The molecule has 2 aliphatic rings. The van der Waals surface area contributed by atoms with Gasteiger partial charge in [0.25, 0.3) is 5.91 Å². The maximum Gasteiger partial charge on any atom is 0.253 e. The third kappa shape index (κ3) is 3.19. The third-order valence-electron chi connectivity index (χ3n) is 5.53. The van der Waals surface area contributed by atoms with Crippen LogP contribution >= 0.6 is 0 Å². The standard InChI is InChI=1S/C19H22N6O/c20-13-19(8-9-19)25-12-16(23-24-25)17(14-5-2-1-3-6-14)22-18(26)15-7-4-10-21-11-15/h4,7,10-12,14,17H,1-3,5-6,8-9H2,(H,22,26)/t17-/m0/s1. The predicted molar refractivity (Wildman–Crippen MR) is 93.9 cm³/mol. The molecule has 26 heavy (non-hydrogen) atoms. The molecule has 0 radical (unpaired) electrons. The van der Waals surface area contributed by atoms with E-state index in [0.717, 1.165) is 31.4 Å². The summed E-state index contributed by atoms with van der Waals surface area (Å²) in [6, 6.07) is 5.65. The van der Waals surface area contributed by atoms with E-state index in [0.29, 0.717) is 11.5 Å². The Kier molecular flexibility index (Phi) is 4.41. The van der Waals surface area contributed by atoms with Gasteiger partial charge in [-0.15, -0.1) is 5.10 Å². The van der Waals surface area contributed by atoms with Gasteiger partial charge in [0.05, 0.1) is 23.9 Å². The number of hydrogen-bond donors (Lipinski definition) is 1. The van der Waals surface area contributed by atoms with Gasteiger partial charge >= 0.3 is 0 Å². The summed E-state index contributed by atoms with van der Waals surface area (Å²) in [4.78, 5) is 16.7. The Balaban J connectivity index is 1.59. The Hall–Kier alpha value is -2.75. The lowest BCUT2D eigenvalue weighted by Gasteiger charge is -2.29. The van der Waals surface area contributed by atoms with Crippen molar-refractivity contribution in [3.05, 3.63) is 42.0 Å². The second kappa shape index (κ2) is 6.87. The van der Waals surface area contributed by atoms with Gasteiger partial charge < -0.3 is 5.32 Å². The van der Waals surface area contributed by atoms with E-state index in [1.807, 2.05) is 6.20 Å². The van der Waals surface area contributed by atoms with E-state index in [-0.39, 0.29) is 11.9 Å². The number of pyridine rings is 1. The van der Waals surface area contributed by atoms with Crippen LogP contribution in [0.15, 0.2) is 30.7 Å². The lowest BCUT2D eigenvalue weighted by atomic mass is 9.82. The van der Waals surface area contributed by atoms with Gasteiger partial charge in [-0.25, -0.2) is 4.68 Å². The van der Waals surface area contributed by atoms with E-state index in [9.17, 15) is 10.1 Å². The van der Waals surface area contributed by atoms with Crippen LogP contribution in [0, 0.1) is 17.2 Å². The van der Waals surface area contributed by atoms with Gasteiger partial charge in [-0.1, -0.05) is 24.5 Å². The van der Waals surface area contributed by atoms with Crippen molar-refractivity contribution in [1.82, 2.24) is 25.3 Å². The van der Waals surface area contributed by atoms with E-state index in [1.54, 1.807) is 29.2 Å². The lowest BCUT2D eigenvalue weighted by Crippen LogP contribution is -2.34. The first-order valence-corrected chi connectivity index (χ1v) is 9.27. The fraction of sp³-hybridized carbons (Fsp3) is 0.526. The average Bonchev–Trinajstić information content (AvgIpc) is 3.36. The Bertz CT molecular complexity index is 814. The number of carbonyl (C=O) groups excluding carboxylic acids is 1. The molecule has 0 aromatic carbocycles. The highest BCUT2D eigenvalue weighted by molar-refractivity contribution is 5.94. The monoisotopic (exact) mass is 350 g/mol. The first-order valence-electron chi connectivity index (χ1n) is 9.27. The van der Waals surface area contributed by atoms with Crippen molar-refractivity contribution in [3.63, 3.8) is 0 Å². The molecule has 1 N–H and O–H groups in total. The summed E-state index contributed by atoms with van der Waals surface area (Å²) in [6.07, 6.45) is 12.4. The summed E-state index contributed by atoms with van der Waals surface area (Å²) in [6.45, 7) is 0. The van der Waals surface area contributed by atoms with Crippen LogP contribution in [-0.4, -0.2) is 25.9 Å². The normalized spacial score (nSPS) is 20.1. The molecule has 134 valence electrons. The largest absolute Gasteiger partial charge is 0.343 e. The molecular formula is C19H22N6O. The third-order valence-corrected chi connectivity index (χ3v) is 5.53. The Morgan fingerprint density at radius 3 is 2.81 bits per heavy atom. The van der Waals surface area contributed by atoms with Crippen LogP contribution in [-0.2, 0) is 5.54 Å². The lowest BCUT2D eigenvalue weighted by molar-refractivity contribution is 0.0910. The molecule has 0 spiro atoms. The predicted octanol–water partition coefficient (Wildman–Crippen LogP) is 2.74. The Morgan fingerprint density at radius 2 is 2.15 bits per heavy atom. The zero-order chi connectivity index (χ0) is 18.0. The Labute approximate surface area is 152 Å². The molecule has 4 rings (SSSR count). The van der Waals surface area contributed by atoms with Crippen LogP contribution in [0.4, 0.5) is 0 Å². The van der Waals surface area contributed by atoms with Crippen molar-refractivity contribution in [2.75, 3.05) is 0 Å². The molecule has 1 atom stereocenters. The number of aromatic nitrogens is 4. The molecule has 2 fully saturated rings. The van der Waals surface area contributed by atoms with Gasteiger partial charge in [0, 0.05) is 12.4 Å². The first kappa shape index (κ1) is 16.7. The van der Waals surface area contributed by atoms with Gasteiger partial charge in [-0.3, -0.25) is 9.78 Å². The number of nitrogens with zero attached hydrogens (tertiary/aromatic N) is 5. The number of amides is 1. The topological polar surface area (TPSA) is 96.5 Å². The van der Waals surface area contributed by atoms with E-state index in [4.69, 9.17) is 0 Å². The second-order valence-electron chi connectivity index (χ2n) is 7.32. The first-order chi connectivity index (χ1) is 12.7. The fourth-order valence-electron chi connectivity index (χ4n) is 3.76. The van der Waals surface area contributed by atoms with Crippen LogP contribution in [0.2, 0.25) is 0 Å². The number of nitriles is 1. The van der Waals surface area contributed by atoms with Crippen molar-refractivity contribution in [2.45, 2.75) is 56.5 Å². The Morgan fingerprint density at radius 1 is 1.35 bits per heavy atom. The summed E-state index contributed by atoms with van der Waals surface area (Å²) in [5.74, 6) is 0.191. The molecule has 2 aromatic rings. The summed E-state index contributed by atoms with van der Waals surface area (Å²) in [5, 5.41) is 21.1. The average molecular weight is 350 g/mol. The number of hydrogen-bond acceptors (Lipinski definition) is 5. The summed E-state index contributed by atoms with van der Waals surface area (Å²) >= 11 is 0. The highest BCUT2D eigenvalue weighted by Gasteiger charge is 2.47. The quantitative estimate of drug-likeness (QED) is 0.894. The molecule has 7 nitrogen and oxygen atoms in total. The van der Waals surface area contributed by atoms with Crippen molar-refractivity contribution in [2.24, 2.45) is 5.92 Å². The zero-order valence-corrected chi connectivity index (χ0v) is 14.6.